The molecule has 6 nitrogen and oxygen atoms in total. The third-order valence-corrected chi connectivity index (χ3v) is 3.50. The monoisotopic (exact) mass is 279 g/mol. The van der Waals surface area contributed by atoms with Gasteiger partial charge in [-0.25, -0.2) is 14.5 Å². The van der Waals surface area contributed by atoms with Crippen molar-refractivity contribution in [2.75, 3.05) is 5.75 Å². The maximum atomic E-state index is 11.8. The van der Waals surface area contributed by atoms with Crippen molar-refractivity contribution in [2.45, 2.75) is 18.5 Å². The van der Waals surface area contributed by atoms with E-state index in [-0.39, 0.29) is 11.4 Å². The zero-order valence-corrected chi connectivity index (χ0v) is 11.1. The van der Waals surface area contributed by atoms with Crippen LogP contribution in [0, 0.1) is 0 Å². The Labute approximate surface area is 113 Å². The number of benzene rings is 1. The number of aliphatic carboxylic acids is 1. The van der Waals surface area contributed by atoms with Gasteiger partial charge in [-0.1, -0.05) is 36.9 Å². The number of nitrogens with one attached hydrogen (secondary N) is 1. The lowest BCUT2D eigenvalue weighted by molar-refractivity contribution is -0.133. The number of nitrogens with zero attached hydrogens (tertiary/aromatic N) is 2. The summed E-state index contributed by atoms with van der Waals surface area (Å²) in [4.78, 5) is 22.4. The van der Waals surface area contributed by atoms with Crippen LogP contribution in [0.25, 0.3) is 5.69 Å². The van der Waals surface area contributed by atoms with Crippen LogP contribution in [0.1, 0.15) is 12.5 Å². The summed E-state index contributed by atoms with van der Waals surface area (Å²) < 4.78 is 1.41. The number of hydrogen-bond acceptors (Lipinski definition) is 4. The Morgan fingerprint density at radius 1 is 1.47 bits per heavy atom. The molecule has 0 atom stereocenters. The van der Waals surface area contributed by atoms with Crippen molar-refractivity contribution in [3.63, 3.8) is 0 Å². The highest BCUT2D eigenvalue weighted by Gasteiger charge is 2.14. The Morgan fingerprint density at radius 2 is 2.21 bits per heavy atom. The second-order valence-corrected chi connectivity index (χ2v) is 4.75. The van der Waals surface area contributed by atoms with Gasteiger partial charge in [0.2, 0.25) is 0 Å². The Kier molecular flexibility index (Phi) is 4.06. The summed E-state index contributed by atoms with van der Waals surface area (Å²) in [5.74, 6) is -1.09. The first-order valence-corrected chi connectivity index (χ1v) is 6.72. The molecule has 1 aromatic heterocycles. The molecule has 0 aliphatic carbocycles. The molecule has 0 spiro atoms. The van der Waals surface area contributed by atoms with E-state index >= 15 is 0 Å². The highest BCUT2D eigenvalue weighted by molar-refractivity contribution is 7.99. The summed E-state index contributed by atoms with van der Waals surface area (Å²) in [6.07, 6.45) is 0.775. The molecule has 2 N–H and O–H groups in total. The van der Waals surface area contributed by atoms with Crippen molar-refractivity contribution in [1.29, 1.82) is 0 Å². The van der Waals surface area contributed by atoms with Gasteiger partial charge in [-0.15, -0.1) is 5.10 Å². The maximum Gasteiger partial charge on any atom is 0.348 e. The summed E-state index contributed by atoms with van der Waals surface area (Å²) in [5, 5.41) is 15.3. The molecule has 2 rings (SSSR count). The number of thioether (sulfide) groups is 1. The van der Waals surface area contributed by atoms with Gasteiger partial charge >= 0.3 is 11.7 Å². The number of rotatable bonds is 5. The predicted octanol–water partition coefficient (Wildman–Crippen LogP) is 1.30. The Balaban J connectivity index is 2.46. The minimum Gasteiger partial charge on any atom is -0.481 e. The molecule has 0 bridgehead atoms. The molecule has 0 saturated carbocycles. The largest absolute Gasteiger partial charge is 0.481 e. The van der Waals surface area contributed by atoms with Gasteiger partial charge in [-0.2, -0.15) is 0 Å². The summed E-state index contributed by atoms with van der Waals surface area (Å²) in [5.41, 5.74) is 1.37. The van der Waals surface area contributed by atoms with Crippen LogP contribution in [0.3, 0.4) is 0 Å². The van der Waals surface area contributed by atoms with E-state index in [9.17, 15) is 9.59 Å². The van der Waals surface area contributed by atoms with Crippen LogP contribution in [0.4, 0.5) is 0 Å². The highest BCUT2D eigenvalue weighted by Crippen LogP contribution is 2.20. The van der Waals surface area contributed by atoms with Crippen molar-refractivity contribution in [3.8, 4) is 5.69 Å². The molecule has 0 saturated heterocycles. The van der Waals surface area contributed by atoms with E-state index in [2.05, 4.69) is 10.2 Å². The molecule has 0 amide bonds. The van der Waals surface area contributed by atoms with Crippen LogP contribution < -0.4 is 5.69 Å². The van der Waals surface area contributed by atoms with Gasteiger partial charge in [0.1, 0.15) is 0 Å². The second-order valence-electron chi connectivity index (χ2n) is 3.81. The fourth-order valence-electron chi connectivity index (χ4n) is 1.75. The van der Waals surface area contributed by atoms with Crippen molar-refractivity contribution >= 4 is 17.7 Å². The van der Waals surface area contributed by atoms with E-state index in [1.807, 2.05) is 31.2 Å². The first kappa shape index (κ1) is 13.4. The molecule has 19 heavy (non-hydrogen) atoms. The van der Waals surface area contributed by atoms with E-state index < -0.39 is 5.97 Å². The first-order chi connectivity index (χ1) is 9.13. The van der Waals surface area contributed by atoms with Gasteiger partial charge in [-0.05, 0) is 18.1 Å². The number of aromatic amines is 1. The molecule has 0 aliphatic rings. The normalized spacial score (nSPS) is 10.6. The van der Waals surface area contributed by atoms with Crippen LogP contribution in [0.2, 0.25) is 0 Å². The number of aromatic nitrogens is 3. The van der Waals surface area contributed by atoms with E-state index in [4.69, 9.17) is 5.11 Å². The number of para-hydroxylation sites is 1. The number of H-pyrrole nitrogens is 1. The Morgan fingerprint density at radius 3 is 2.89 bits per heavy atom. The van der Waals surface area contributed by atoms with Crippen LogP contribution in [0.5, 0.6) is 0 Å². The van der Waals surface area contributed by atoms with Gasteiger partial charge in [0, 0.05) is 0 Å². The number of carboxylic acid groups (broad SMARTS) is 1. The third kappa shape index (κ3) is 2.87. The van der Waals surface area contributed by atoms with Gasteiger partial charge in [0.15, 0.2) is 5.16 Å². The highest BCUT2D eigenvalue weighted by atomic mass is 32.2. The molecule has 2 aromatic rings. The lowest BCUT2D eigenvalue weighted by Gasteiger charge is -2.09. The summed E-state index contributed by atoms with van der Waals surface area (Å²) in [7, 11) is 0. The van der Waals surface area contributed by atoms with Gasteiger partial charge < -0.3 is 5.11 Å². The minimum atomic E-state index is -0.948. The first-order valence-electron chi connectivity index (χ1n) is 5.73. The van der Waals surface area contributed by atoms with E-state index in [1.165, 1.54) is 4.57 Å². The number of hydrogen-bond donors (Lipinski definition) is 2. The van der Waals surface area contributed by atoms with Gasteiger partial charge in [0.25, 0.3) is 0 Å². The Hall–Kier alpha value is -2.02. The SMILES string of the molecule is CCc1ccccc1-n1c(SCC(=O)O)n[nH]c1=O. The maximum absolute atomic E-state index is 11.8. The Bertz CT molecular complexity index is 648. The predicted molar refractivity (Wildman–Crippen MR) is 71.9 cm³/mol. The topological polar surface area (TPSA) is 88.0 Å². The minimum absolute atomic E-state index is 0.140. The van der Waals surface area contributed by atoms with Crippen molar-refractivity contribution in [2.24, 2.45) is 0 Å². The average Bonchev–Trinajstić information content (AvgIpc) is 2.77. The lowest BCUT2D eigenvalue weighted by atomic mass is 10.1. The molecular weight excluding hydrogens is 266 g/mol. The zero-order chi connectivity index (χ0) is 13.8. The van der Waals surface area contributed by atoms with Crippen molar-refractivity contribution in [1.82, 2.24) is 14.8 Å². The van der Waals surface area contributed by atoms with Crippen LogP contribution in [0.15, 0.2) is 34.2 Å². The van der Waals surface area contributed by atoms with Crippen LogP contribution in [-0.4, -0.2) is 31.6 Å². The number of aryl methyl sites for hydroxylation is 1. The fraction of sp³-hybridized carbons (Fsp3) is 0.250. The van der Waals surface area contributed by atoms with Crippen LogP contribution >= 0.6 is 11.8 Å². The average molecular weight is 279 g/mol. The molecule has 100 valence electrons. The fourth-order valence-corrected chi connectivity index (χ4v) is 2.42. The molecular formula is C12H13N3O3S. The molecule has 1 heterocycles. The lowest BCUT2D eigenvalue weighted by Crippen LogP contribution is -2.17. The van der Waals surface area contributed by atoms with Crippen molar-refractivity contribution in [3.05, 3.63) is 40.3 Å². The van der Waals surface area contributed by atoms with E-state index in [0.717, 1.165) is 29.4 Å². The van der Waals surface area contributed by atoms with Crippen molar-refractivity contribution < 1.29 is 9.90 Å². The van der Waals surface area contributed by atoms with Crippen LogP contribution in [-0.2, 0) is 11.2 Å². The standard InChI is InChI=1S/C12H13N3O3S/c1-2-8-5-3-4-6-9(8)15-11(18)13-14-12(15)19-7-10(16)17/h3-6H,2,7H2,1H3,(H,13,18)(H,16,17). The molecule has 1 aromatic carbocycles. The summed E-state index contributed by atoms with van der Waals surface area (Å²) in [6, 6.07) is 7.48. The molecule has 0 aliphatic heterocycles. The zero-order valence-electron chi connectivity index (χ0n) is 10.3. The summed E-state index contributed by atoms with van der Waals surface area (Å²) in [6.45, 7) is 1.99. The third-order valence-electron chi connectivity index (χ3n) is 2.58. The molecule has 7 heteroatoms. The molecule has 0 fully saturated rings. The number of carboxylic acids is 1. The molecule has 0 radical (unpaired) electrons. The quantitative estimate of drug-likeness (QED) is 0.805. The molecule has 0 unspecified atom stereocenters. The summed E-state index contributed by atoms with van der Waals surface area (Å²) >= 11 is 1.01. The smallest absolute Gasteiger partial charge is 0.348 e. The second kappa shape index (κ2) is 5.75. The van der Waals surface area contributed by atoms with E-state index in [0.29, 0.717) is 5.16 Å². The van der Waals surface area contributed by atoms with E-state index in [1.54, 1.807) is 0 Å². The van der Waals surface area contributed by atoms with Gasteiger partial charge in [0.05, 0.1) is 11.4 Å². The number of carbonyl (C=O) groups is 1. The van der Waals surface area contributed by atoms with Gasteiger partial charge in [-0.3, -0.25) is 4.79 Å².